The number of nitrogens with zero attached hydrogens (tertiary/aromatic N) is 4. The fourth-order valence-electron chi connectivity index (χ4n) is 4.13. The largest absolute Gasteiger partial charge is 0.472 e. The summed E-state index contributed by atoms with van der Waals surface area (Å²) in [5.74, 6) is 0.987. The number of amides is 1. The molecule has 9 nitrogen and oxygen atoms in total. The third-order valence-electron chi connectivity index (χ3n) is 5.96. The molecule has 1 amide bonds. The number of piperidine rings is 1. The Morgan fingerprint density at radius 2 is 2.09 bits per heavy atom. The summed E-state index contributed by atoms with van der Waals surface area (Å²) >= 11 is 1.08. The maximum absolute atomic E-state index is 11.8. The number of hydrogen-bond acceptors (Lipinski definition) is 9. The molecule has 10 heteroatoms. The highest BCUT2D eigenvalue weighted by Gasteiger charge is 2.25. The average Bonchev–Trinajstić information content (AvgIpc) is 3.50. The van der Waals surface area contributed by atoms with Gasteiger partial charge in [0.15, 0.2) is 5.56 Å². The Labute approximate surface area is 201 Å². The van der Waals surface area contributed by atoms with Gasteiger partial charge in [-0.3, -0.25) is 9.78 Å². The molecule has 0 radical (unpaired) electrons. The minimum absolute atomic E-state index is 0.282. The first-order chi connectivity index (χ1) is 16.6. The van der Waals surface area contributed by atoms with Gasteiger partial charge >= 0.3 is 0 Å². The van der Waals surface area contributed by atoms with E-state index in [1.54, 1.807) is 30.9 Å². The van der Waals surface area contributed by atoms with Crippen molar-refractivity contribution in [3.63, 3.8) is 0 Å². The molecule has 2 fully saturated rings. The number of rotatable bonds is 7. The van der Waals surface area contributed by atoms with E-state index < -0.39 is 5.56 Å². The number of pyridine rings is 1. The number of thioether (sulfide) groups is 1. The molecule has 176 valence electrons. The minimum atomic E-state index is -0.898. The summed E-state index contributed by atoms with van der Waals surface area (Å²) in [5, 5.41) is 15.6. The standard InChI is InChI=1S/C24H26N6O3S/c31-22-21(34-24(32)29-22)12-19-2-7-27-23(28-19)30-8-3-16(4-9-30)13-25-14-17-1-6-26-20(11-17)18-5-10-33-15-18/h1-2,5-7,10-12,15-16,24-25,32H,3-4,8-9,13-14H2,(H,29,31). The van der Waals surface area contributed by atoms with Gasteiger partial charge in [-0.1, -0.05) is 11.8 Å². The number of carbonyl (C=O) groups excluding carboxylic acids is 1. The molecule has 2 aliphatic rings. The molecule has 2 aliphatic heterocycles. The van der Waals surface area contributed by atoms with Crippen molar-refractivity contribution in [2.24, 2.45) is 5.92 Å². The van der Waals surface area contributed by atoms with Gasteiger partial charge in [-0.2, -0.15) is 0 Å². The van der Waals surface area contributed by atoms with Crippen molar-refractivity contribution < 1.29 is 14.3 Å². The lowest BCUT2D eigenvalue weighted by Gasteiger charge is -2.32. The zero-order valence-electron chi connectivity index (χ0n) is 18.6. The average molecular weight is 479 g/mol. The van der Waals surface area contributed by atoms with Crippen LogP contribution in [0.5, 0.6) is 0 Å². The first-order valence-corrected chi connectivity index (χ1v) is 12.2. The van der Waals surface area contributed by atoms with Crippen molar-refractivity contribution in [2.45, 2.75) is 24.9 Å². The molecule has 0 spiro atoms. The summed E-state index contributed by atoms with van der Waals surface area (Å²) < 4.78 is 5.16. The van der Waals surface area contributed by atoms with Gasteiger partial charge in [0.1, 0.15) is 0 Å². The van der Waals surface area contributed by atoms with Crippen molar-refractivity contribution in [1.82, 2.24) is 25.6 Å². The molecule has 3 N–H and O–H groups in total. The number of carbonyl (C=O) groups is 1. The monoisotopic (exact) mass is 478 g/mol. The summed E-state index contributed by atoms with van der Waals surface area (Å²) in [6.45, 7) is 3.53. The van der Waals surface area contributed by atoms with Crippen LogP contribution < -0.4 is 15.5 Å². The highest BCUT2D eigenvalue weighted by Crippen LogP contribution is 2.28. The number of aliphatic hydroxyl groups excluding tert-OH is 1. The molecule has 1 atom stereocenters. The van der Waals surface area contributed by atoms with Gasteiger partial charge in [0.2, 0.25) is 5.95 Å². The fourth-order valence-corrected chi connectivity index (χ4v) is 4.89. The smallest absolute Gasteiger partial charge is 0.260 e. The van der Waals surface area contributed by atoms with Crippen LogP contribution in [0, 0.1) is 5.92 Å². The second-order valence-electron chi connectivity index (χ2n) is 8.36. The van der Waals surface area contributed by atoms with Crippen LogP contribution in [0.4, 0.5) is 5.95 Å². The lowest BCUT2D eigenvalue weighted by Crippen LogP contribution is -2.38. The third-order valence-corrected chi connectivity index (χ3v) is 6.86. The summed E-state index contributed by atoms with van der Waals surface area (Å²) in [5.41, 5.74) is 2.86. The van der Waals surface area contributed by atoms with Crippen molar-refractivity contribution in [1.29, 1.82) is 0 Å². The van der Waals surface area contributed by atoms with Crippen molar-refractivity contribution in [3.05, 3.63) is 65.3 Å². The van der Waals surface area contributed by atoms with Crippen LogP contribution in [0.1, 0.15) is 24.1 Å². The molecule has 1 unspecified atom stereocenters. The normalized spacial score (nSPS) is 20.1. The maximum Gasteiger partial charge on any atom is 0.260 e. The van der Waals surface area contributed by atoms with Crippen molar-refractivity contribution in [3.8, 4) is 11.3 Å². The first-order valence-electron chi connectivity index (χ1n) is 11.3. The zero-order chi connectivity index (χ0) is 23.3. The summed E-state index contributed by atoms with van der Waals surface area (Å²) in [6.07, 6.45) is 10.7. The topological polar surface area (TPSA) is 116 Å². The predicted octanol–water partition coefficient (Wildman–Crippen LogP) is 2.62. The highest BCUT2D eigenvalue weighted by atomic mass is 32.2. The van der Waals surface area contributed by atoms with E-state index in [1.165, 1.54) is 5.56 Å². The summed E-state index contributed by atoms with van der Waals surface area (Å²) in [6, 6.07) is 7.81. The minimum Gasteiger partial charge on any atom is -0.472 e. The highest BCUT2D eigenvalue weighted by molar-refractivity contribution is 8.05. The molecule has 0 bridgehead atoms. The number of furan rings is 1. The summed E-state index contributed by atoms with van der Waals surface area (Å²) in [7, 11) is 0. The van der Waals surface area contributed by atoms with Crippen LogP contribution in [-0.4, -0.2) is 51.2 Å². The Hall–Kier alpha value is -3.21. The molecule has 5 heterocycles. The number of aliphatic hydroxyl groups is 1. The Morgan fingerprint density at radius 1 is 1.24 bits per heavy atom. The molecule has 0 aliphatic carbocycles. The van der Waals surface area contributed by atoms with E-state index in [4.69, 9.17) is 4.42 Å². The Bertz CT molecular complexity index is 1160. The van der Waals surface area contributed by atoms with E-state index in [0.717, 1.165) is 62.0 Å². The molecule has 2 saturated heterocycles. The summed E-state index contributed by atoms with van der Waals surface area (Å²) in [4.78, 5) is 27.9. The second kappa shape index (κ2) is 10.4. The Morgan fingerprint density at radius 3 is 2.85 bits per heavy atom. The predicted molar refractivity (Wildman–Crippen MR) is 130 cm³/mol. The van der Waals surface area contributed by atoms with Crippen LogP contribution >= 0.6 is 11.8 Å². The van der Waals surface area contributed by atoms with Gasteiger partial charge in [-0.05, 0) is 61.2 Å². The first kappa shape index (κ1) is 22.6. The number of aromatic nitrogens is 3. The molecule has 5 rings (SSSR count). The van der Waals surface area contributed by atoms with E-state index in [-0.39, 0.29) is 5.91 Å². The Balaban J connectivity index is 1.11. The molecular weight excluding hydrogens is 452 g/mol. The molecule has 34 heavy (non-hydrogen) atoms. The van der Waals surface area contributed by atoms with Crippen LogP contribution in [0.25, 0.3) is 17.3 Å². The maximum atomic E-state index is 11.8. The van der Waals surface area contributed by atoms with Gasteiger partial charge in [-0.25, -0.2) is 9.97 Å². The van der Waals surface area contributed by atoms with Gasteiger partial charge in [0, 0.05) is 37.6 Å². The van der Waals surface area contributed by atoms with Crippen LogP contribution in [0.15, 0.2) is 58.5 Å². The van der Waals surface area contributed by atoms with E-state index in [1.807, 2.05) is 18.3 Å². The van der Waals surface area contributed by atoms with Gasteiger partial charge < -0.3 is 25.1 Å². The van der Waals surface area contributed by atoms with Crippen molar-refractivity contribution in [2.75, 3.05) is 24.5 Å². The van der Waals surface area contributed by atoms with Gasteiger partial charge in [0.25, 0.3) is 5.91 Å². The van der Waals surface area contributed by atoms with Crippen LogP contribution in [0.3, 0.4) is 0 Å². The molecular formula is C24H26N6O3S. The van der Waals surface area contributed by atoms with E-state index in [2.05, 4.69) is 36.6 Å². The number of anilines is 1. The molecule has 0 aromatic carbocycles. The lowest BCUT2D eigenvalue weighted by molar-refractivity contribution is -0.117. The van der Waals surface area contributed by atoms with E-state index in [9.17, 15) is 9.90 Å². The molecule has 0 saturated carbocycles. The lowest BCUT2D eigenvalue weighted by atomic mass is 9.97. The van der Waals surface area contributed by atoms with Gasteiger partial charge in [0.05, 0.1) is 28.8 Å². The second-order valence-corrected chi connectivity index (χ2v) is 9.48. The van der Waals surface area contributed by atoms with Crippen molar-refractivity contribution >= 4 is 29.7 Å². The fraction of sp³-hybridized carbons (Fsp3) is 0.333. The van der Waals surface area contributed by atoms with E-state index >= 15 is 0 Å². The molecule has 3 aromatic heterocycles. The Kier molecular flexibility index (Phi) is 6.89. The molecule has 3 aromatic rings. The SMILES string of the molecule is O=C1NC(O)SC1=Cc1ccnc(N2CCC(CNCc3ccnc(-c4ccoc4)c3)CC2)n1. The zero-order valence-corrected chi connectivity index (χ0v) is 19.4. The number of nitrogens with one attached hydrogen (secondary N) is 2. The van der Waals surface area contributed by atoms with Crippen LogP contribution in [-0.2, 0) is 11.3 Å². The van der Waals surface area contributed by atoms with Gasteiger partial charge in [-0.15, -0.1) is 0 Å². The quantitative estimate of drug-likeness (QED) is 0.441. The van der Waals surface area contributed by atoms with E-state index in [0.29, 0.717) is 22.5 Å². The third kappa shape index (κ3) is 5.46. The van der Waals surface area contributed by atoms with Crippen LogP contribution in [0.2, 0.25) is 0 Å². The number of hydrogen-bond donors (Lipinski definition) is 3.